The molecule has 22 heavy (non-hydrogen) atoms. The van der Waals surface area contributed by atoms with Crippen LogP contribution < -0.4 is 10.0 Å². The van der Waals surface area contributed by atoms with Gasteiger partial charge in [-0.15, -0.1) is 0 Å². The Hall–Kier alpha value is -1.44. The molecule has 6 nitrogen and oxygen atoms in total. The van der Waals surface area contributed by atoms with E-state index < -0.39 is 10.0 Å². The van der Waals surface area contributed by atoms with Crippen molar-refractivity contribution in [2.75, 3.05) is 33.2 Å². The summed E-state index contributed by atoms with van der Waals surface area (Å²) in [6.07, 6.45) is 1.01. The maximum absolute atomic E-state index is 12.3. The number of carbonyl (C=O) groups excluding carboxylic acids is 1. The van der Waals surface area contributed by atoms with Crippen molar-refractivity contribution in [3.63, 3.8) is 0 Å². The highest BCUT2D eigenvalue weighted by atomic mass is 32.2. The minimum atomic E-state index is -3.58. The Balaban J connectivity index is 2.03. The molecule has 0 aliphatic carbocycles. The SMILES string of the molecule is CCN1CCC(CNS(=O)(=O)c2cccc(C(=O)NC)c2)C1. The molecule has 1 unspecified atom stereocenters. The van der Waals surface area contributed by atoms with Gasteiger partial charge in [-0.25, -0.2) is 13.1 Å². The van der Waals surface area contributed by atoms with E-state index in [1.807, 2.05) is 0 Å². The van der Waals surface area contributed by atoms with Gasteiger partial charge in [0.15, 0.2) is 0 Å². The highest BCUT2D eigenvalue weighted by Crippen LogP contribution is 2.16. The fourth-order valence-electron chi connectivity index (χ4n) is 2.63. The summed E-state index contributed by atoms with van der Waals surface area (Å²) in [5.41, 5.74) is 0.336. The molecular weight excluding hydrogens is 302 g/mol. The normalized spacial score (nSPS) is 19.3. The molecule has 1 fully saturated rings. The van der Waals surface area contributed by atoms with Crippen molar-refractivity contribution in [1.82, 2.24) is 14.9 Å². The van der Waals surface area contributed by atoms with Gasteiger partial charge < -0.3 is 10.2 Å². The molecule has 7 heteroatoms. The summed E-state index contributed by atoms with van der Waals surface area (Å²) in [5.74, 6) is 0.0447. The third kappa shape index (κ3) is 4.06. The quantitative estimate of drug-likeness (QED) is 0.806. The third-order valence-corrected chi connectivity index (χ3v) is 5.43. The van der Waals surface area contributed by atoms with Crippen LogP contribution in [0.2, 0.25) is 0 Å². The molecule has 0 radical (unpaired) electrons. The monoisotopic (exact) mass is 325 g/mol. The van der Waals surface area contributed by atoms with Crippen LogP contribution in [-0.4, -0.2) is 52.5 Å². The van der Waals surface area contributed by atoms with Gasteiger partial charge in [-0.05, 0) is 43.6 Å². The number of carbonyl (C=O) groups is 1. The van der Waals surface area contributed by atoms with Crippen LogP contribution >= 0.6 is 0 Å². The van der Waals surface area contributed by atoms with Crippen LogP contribution in [-0.2, 0) is 10.0 Å². The van der Waals surface area contributed by atoms with Crippen LogP contribution in [0.4, 0.5) is 0 Å². The predicted octanol–water partition coefficient (Wildman–Crippen LogP) is 0.666. The first-order chi connectivity index (χ1) is 10.5. The lowest BCUT2D eigenvalue weighted by atomic mass is 10.1. The Bertz CT molecular complexity index is 631. The first-order valence-electron chi connectivity index (χ1n) is 7.50. The van der Waals surface area contributed by atoms with E-state index in [0.29, 0.717) is 18.0 Å². The molecule has 0 saturated carbocycles. The van der Waals surface area contributed by atoms with Gasteiger partial charge in [-0.3, -0.25) is 4.79 Å². The summed E-state index contributed by atoms with van der Waals surface area (Å²) in [6.45, 7) is 5.49. The highest BCUT2D eigenvalue weighted by molar-refractivity contribution is 7.89. The Kier molecular flexibility index (Phi) is 5.55. The lowest BCUT2D eigenvalue weighted by Crippen LogP contribution is -2.31. The summed E-state index contributed by atoms with van der Waals surface area (Å²) >= 11 is 0. The van der Waals surface area contributed by atoms with Crippen LogP contribution in [0.3, 0.4) is 0 Å². The van der Waals surface area contributed by atoms with Crippen LogP contribution in [0.15, 0.2) is 29.2 Å². The first kappa shape index (κ1) is 16.9. The molecule has 1 aromatic carbocycles. The van der Waals surface area contributed by atoms with Gasteiger partial charge >= 0.3 is 0 Å². The van der Waals surface area contributed by atoms with Crippen LogP contribution in [0.25, 0.3) is 0 Å². The fourth-order valence-corrected chi connectivity index (χ4v) is 3.79. The van der Waals surface area contributed by atoms with Gasteiger partial charge in [0.2, 0.25) is 10.0 Å². The Morgan fingerprint density at radius 1 is 1.41 bits per heavy atom. The molecule has 1 heterocycles. The average molecular weight is 325 g/mol. The van der Waals surface area contributed by atoms with Gasteiger partial charge in [0.25, 0.3) is 5.91 Å². The van der Waals surface area contributed by atoms with E-state index in [4.69, 9.17) is 0 Å². The van der Waals surface area contributed by atoms with E-state index >= 15 is 0 Å². The third-order valence-electron chi connectivity index (χ3n) is 4.01. The average Bonchev–Trinajstić information content (AvgIpc) is 3.00. The van der Waals surface area contributed by atoms with Crippen LogP contribution in [0.5, 0.6) is 0 Å². The second-order valence-electron chi connectivity index (χ2n) is 5.51. The number of hydrogen-bond acceptors (Lipinski definition) is 4. The van der Waals surface area contributed by atoms with Crippen molar-refractivity contribution in [2.24, 2.45) is 5.92 Å². The zero-order valence-electron chi connectivity index (χ0n) is 13.0. The van der Waals surface area contributed by atoms with Gasteiger partial charge in [-0.2, -0.15) is 0 Å². The second-order valence-corrected chi connectivity index (χ2v) is 7.27. The molecule has 1 aliphatic heterocycles. The summed E-state index contributed by atoms with van der Waals surface area (Å²) in [4.78, 5) is 14.0. The minimum Gasteiger partial charge on any atom is -0.355 e. The Labute approximate surface area is 131 Å². The Morgan fingerprint density at radius 3 is 2.82 bits per heavy atom. The summed E-state index contributed by atoms with van der Waals surface area (Å²) < 4.78 is 27.4. The topological polar surface area (TPSA) is 78.5 Å². The molecule has 0 spiro atoms. The number of nitrogens with one attached hydrogen (secondary N) is 2. The standard InChI is InChI=1S/C15H23N3O3S/c1-3-18-8-7-12(11-18)10-17-22(20,21)14-6-4-5-13(9-14)15(19)16-2/h4-6,9,12,17H,3,7-8,10-11H2,1-2H3,(H,16,19). The zero-order valence-corrected chi connectivity index (χ0v) is 13.8. The summed E-state index contributed by atoms with van der Waals surface area (Å²) in [6, 6.07) is 6.07. The summed E-state index contributed by atoms with van der Waals surface area (Å²) in [7, 11) is -2.07. The first-order valence-corrected chi connectivity index (χ1v) is 8.98. The van der Waals surface area contributed by atoms with Crippen molar-refractivity contribution in [2.45, 2.75) is 18.2 Å². The van der Waals surface area contributed by atoms with E-state index in [1.165, 1.54) is 19.2 Å². The molecule has 122 valence electrons. The lowest BCUT2D eigenvalue weighted by Gasteiger charge is -2.14. The molecule has 1 saturated heterocycles. The van der Waals surface area contributed by atoms with Crippen LogP contribution in [0, 0.1) is 5.92 Å². The van der Waals surface area contributed by atoms with E-state index in [-0.39, 0.29) is 10.8 Å². The summed E-state index contributed by atoms with van der Waals surface area (Å²) in [5, 5.41) is 2.49. The van der Waals surface area contributed by atoms with Crippen LogP contribution in [0.1, 0.15) is 23.7 Å². The van der Waals surface area contributed by atoms with Gasteiger partial charge in [0, 0.05) is 25.7 Å². The number of benzene rings is 1. The molecule has 1 aromatic rings. The van der Waals surface area contributed by atoms with E-state index in [0.717, 1.165) is 26.1 Å². The molecule has 0 aromatic heterocycles. The number of hydrogen-bond donors (Lipinski definition) is 2. The van der Waals surface area contributed by atoms with Gasteiger partial charge in [0.1, 0.15) is 0 Å². The highest BCUT2D eigenvalue weighted by Gasteiger charge is 2.23. The number of amides is 1. The van der Waals surface area contributed by atoms with E-state index in [2.05, 4.69) is 21.9 Å². The number of likely N-dealkylation sites (tertiary alicyclic amines) is 1. The number of sulfonamides is 1. The second kappa shape index (κ2) is 7.21. The molecular formula is C15H23N3O3S. The van der Waals surface area contributed by atoms with Crippen molar-refractivity contribution in [1.29, 1.82) is 0 Å². The molecule has 1 atom stereocenters. The molecule has 0 bridgehead atoms. The molecule has 1 aliphatic rings. The molecule has 2 N–H and O–H groups in total. The van der Waals surface area contributed by atoms with Crippen molar-refractivity contribution in [3.8, 4) is 0 Å². The molecule has 2 rings (SSSR count). The molecule has 1 amide bonds. The predicted molar refractivity (Wildman–Crippen MR) is 85.2 cm³/mol. The Morgan fingerprint density at radius 2 is 2.18 bits per heavy atom. The number of nitrogens with zero attached hydrogens (tertiary/aromatic N) is 1. The smallest absolute Gasteiger partial charge is 0.251 e. The van der Waals surface area contributed by atoms with Crippen molar-refractivity contribution in [3.05, 3.63) is 29.8 Å². The van der Waals surface area contributed by atoms with Gasteiger partial charge in [-0.1, -0.05) is 13.0 Å². The largest absolute Gasteiger partial charge is 0.355 e. The number of rotatable bonds is 6. The van der Waals surface area contributed by atoms with E-state index in [9.17, 15) is 13.2 Å². The lowest BCUT2D eigenvalue weighted by molar-refractivity contribution is 0.0963. The van der Waals surface area contributed by atoms with Gasteiger partial charge in [0.05, 0.1) is 4.90 Å². The van der Waals surface area contributed by atoms with Crippen molar-refractivity contribution < 1.29 is 13.2 Å². The maximum Gasteiger partial charge on any atom is 0.251 e. The minimum absolute atomic E-state index is 0.124. The maximum atomic E-state index is 12.3. The van der Waals surface area contributed by atoms with Crippen molar-refractivity contribution >= 4 is 15.9 Å². The fraction of sp³-hybridized carbons (Fsp3) is 0.533. The van der Waals surface area contributed by atoms with E-state index in [1.54, 1.807) is 12.1 Å². The zero-order chi connectivity index (χ0) is 16.2.